The van der Waals surface area contributed by atoms with Crippen LogP contribution < -0.4 is 11.5 Å². The molecule has 1 unspecified atom stereocenters. The maximum atomic E-state index is 11.6. The lowest BCUT2D eigenvalue weighted by Gasteiger charge is -2.20. The summed E-state index contributed by atoms with van der Waals surface area (Å²) >= 11 is 0. The second-order valence-corrected chi connectivity index (χ2v) is 2.01. The Bertz CT molecular complexity index is 79.7. The fourth-order valence-electron chi connectivity index (χ4n) is 0.0891. The third kappa shape index (κ3) is 5.17. The van der Waals surface area contributed by atoms with Crippen LogP contribution in [-0.4, -0.2) is 18.5 Å². The molecule has 0 aromatic carbocycles. The zero-order valence-corrected chi connectivity index (χ0v) is 7.14. The van der Waals surface area contributed by atoms with Crippen molar-refractivity contribution in [2.45, 2.75) is 18.9 Å². The lowest BCUT2D eigenvalue weighted by Crippen LogP contribution is -2.50. The molecule has 1 atom stereocenters. The minimum Gasteiger partial charge on any atom is -0.328 e. The van der Waals surface area contributed by atoms with Crippen LogP contribution in [0.1, 0.15) is 6.92 Å². The van der Waals surface area contributed by atoms with Gasteiger partial charge in [0.2, 0.25) is 0 Å². The Kier molecular flexibility index (Phi) is 10.2. The summed E-state index contributed by atoms with van der Waals surface area (Å²) < 4.78 is 23.2. The first-order valence-electron chi connectivity index (χ1n) is 2.28. The molecule has 0 rings (SSSR count). The zero-order valence-electron chi connectivity index (χ0n) is 5.51. The van der Waals surface area contributed by atoms with E-state index in [1.54, 1.807) is 0 Å². The van der Waals surface area contributed by atoms with E-state index in [0.717, 1.165) is 0 Å². The fraction of sp³-hybridized carbons (Fsp3) is 1.00. The van der Waals surface area contributed by atoms with Crippen LogP contribution in [0.5, 0.6) is 0 Å². The van der Waals surface area contributed by atoms with Crippen molar-refractivity contribution in [3.63, 3.8) is 0 Å². The number of alkyl halides is 2. The second kappa shape index (κ2) is 6.09. The van der Waals surface area contributed by atoms with Crippen LogP contribution >= 0.6 is 24.8 Å². The summed E-state index contributed by atoms with van der Waals surface area (Å²) in [5, 5.41) is 0. The van der Waals surface area contributed by atoms with Crippen molar-refractivity contribution in [2.75, 3.05) is 6.54 Å². The molecule has 0 aliphatic heterocycles. The van der Waals surface area contributed by atoms with Crippen molar-refractivity contribution in [3.05, 3.63) is 0 Å². The maximum absolute atomic E-state index is 11.6. The van der Waals surface area contributed by atoms with Gasteiger partial charge >= 0.3 is 0 Å². The van der Waals surface area contributed by atoms with Crippen molar-refractivity contribution in [1.82, 2.24) is 0 Å². The van der Waals surface area contributed by atoms with Crippen LogP contribution in [0.3, 0.4) is 0 Å². The fourth-order valence-corrected chi connectivity index (χ4v) is 0.0891. The van der Waals surface area contributed by atoms with Crippen LogP contribution in [0.15, 0.2) is 0 Å². The summed E-state index contributed by atoms with van der Waals surface area (Å²) in [6, 6.07) is 0. The highest BCUT2D eigenvalue weighted by Crippen LogP contribution is 2.08. The van der Waals surface area contributed by atoms with Gasteiger partial charge in [-0.15, -0.1) is 24.8 Å². The van der Waals surface area contributed by atoms with Crippen LogP contribution in [0.4, 0.5) is 8.78 Å². The highest BCUT2D eigenvalue weighted by atomic mass is 35.5. The SMILES string of the molecule is CC(N)(CN)C(F)F.Cl.Cl. The van der Waals surface area contributed by atoms with Gasteiger partial charge in [-0.1, -0.05) is 0 Å². The molecule has 0 bridgehead atoms. The molecule has 0 radical (unpaired) electrons. The Morgan fingerprint density at radius 3 is 1.70 bits per heavy atom. The van der Waals surface area contributed by atoms with Crippen molar-refractivity contribution in [1.29, 1.82) is 0 Å². The van der Waals surface area contributed by atoms with Gasteiger partial charge in [0.1, 0.15) is 0 Å². The third-order valence-electron chi connectivity index (χ3n) is 0.938. The molecule has 6 heteroatoms. The largest absolute Gasteiger partial charge is 0.328 e. The van der Waals surface area contributed by atoms with Gasteiger partial charge in [-0.25, -0.2) is 8.78 Å². The Morgan fingerprint density at radius 1 is 1.40 bits per heavy atom. The molecular formula is C4H12Cl2F2N2. The molecule has 0 heterocycles. The van der Waals surface area contributed by atoms with Crippen LogP contribution in [-0.2, 0) is 0 Å². The number of hydrogen-bond acceptors (Lipinski definition) is 2. The first-order valence-corrected chi connectivity index (χ1v) is 2.28. The van der Waals surface area contributed by atoms with Crippen molar-refractivity contribution in [3.8, 4) is 0 Å². The minimum absolute atomic E-state index is 0. The summed E-state index contributed by atoms with van der Waals surface area (Å²) in [5.41, 5.74) is 8.37. The first-order chi connectivity index (χ1) is 3.50. The lowest BCUT2D eigenvalue weighted by molar-refractivity contribution is 0.0685. The van der Waals surface area contributed by atoms with Crippen molar-refractivity contribution in [2.24, 2.45) is 11.5 Å². The molecule has 2 nitrogen and oxygen atoms in total. The third-order valence-corrected chi connectivity index (χ3v) is 0.938. The standard InChI is InChI=1S/C4H10F2N2.2ClH/c1-4(8,2-7)3(5)6;;/h3H,2,7-8H2,1H3;2*1H. The van der Waals surface area contributed by atoms with Gasteiger partial charge in [0.05, 0.1) is 5.54 Å². The molecule has 0 spiro atoms. The van der Waals surface area contributed by atoms with E-state index in [1.165, 1.54) is 6.92 Å². The predicted octanol–water partition coefficient (Wildman–Crippen LogP) is 0.771. The second-order valence-electron chi connectivity index (χ2n) is 2.01. The number of rotatable bonds is 2. The summed E-state index contributed by atoms with van der Waals surface area (Å²) in [6.07, 6.45) is -2.53. The number of hydrogen-bond donors (Lipinski definition) is 2. The minimum atomic E-state index is -2.53. The average Bonchev–Trinajstić information content (AvgIpc) is 1.67. The van der Waals surface area contributed by atoms with Gasteiger partial charge in [0, 0.05) is 6.54 Å². The molecule has 4 N–H and O–H groups in total. The quantitative estimate of drug-likeness (QED) is 0.686. The van der Waals surface area contributed by atoms with E-state index in [1.807, 2.05) is 0 Å². The van der Waals surface area contributed by atoms with E-state index < -0.39 is 12.0 Å². The highest BCUT2D eigenvalue weighted by Gasteiger charge is 2.27. The smallest absolute Gasteiger partial charge is 0.257 e. The van der Waals surface area contributed by atoms with Gasteiger partial charge < -0.3 is 11.5 Å². The summed E-state index contributed by atoms with van der Waals surface area (Å²) in [4.78, 5) is 0. The highest BCUT2D eigenvalue weighted by molar-refractivity contribution is 5.85. The van der Waals surface area contributed by atoms with Crippen LogP contribution in [0.25, 0.3) is 0 Å². The Morgan fingerprint density at radius 2 is 1.70 bits per heavy atom. The van der Waals surface area contributed by atoms with E-state index in [4.69, 9.17) is 11.5 Å². The molecule has 0 aliphatic rings. The Labute approximate surface area is 71.2 Å². The molecule has 0 saturated heterocycles. The van der Waals surface area contributed by atoms with E-state index in [2.05, 4.69) is 0 Å². The number of nitrogens with two attached hydrogens (primary N) is 2. The molecule has 0 aliphatic carbocycles. The van der Waals surface area contributed by atoms with Gasteiger partial charge in [0.25, 0.3) is 6.43 Å². The normalized spacial score (nSPS) is 15.0. The van der Waals surface area contributed by atoms with E-state index in [9.17, 15) is 8.78 Å². The summed E-state index contributed by atoms with van der Waals surface area (Å²) in [5.74, 6) is 0. The van der Waals surface area contributed by atoms with Gasteiger partial charge in [-0.05, 0) is 6.92 Å². The lowest BCUT2D eigenvalue weighted by atomic mass is 10.1. The average molecular weight is 197 g/mol. The van der Waals surface area contributed by atoms with Gasteiger partial charge in [-0.2, -0.15) is 0 Å². The van der Waals surface area contributed by atoms with E-state index in [0.29, 0.717) is 0 Å². The summed E-state index contributed by atoms with van der Waals surface area (Å²) in [7, 11) is 0. The Balaban J connectivity index is -0.000000245. The number of halogens is 4. The van der Waals surface area contributed by atoms with Crippen LogP contribution in [0, 0.1) is 0 Å². The molecule has 0 fully saturated rings. The zero-order chi connectivity index (χ0) is 6.78. The van der Waals surface area contributed by atoms with Crippen molar-refractivity contribution < 1.29 is 8.78 Å². The van der Waals surface area contributed by atoms with E-state index in [-0.39, 0.29) is 31.4 Å². The van der Waals surface area contributed by atoms with Gasteiger partial charge in [0.15, 0.2) is 0 Å². The predicted molar refractivity (Wildman–Crippen MR) is 42.1 cm³/mol. The molecule has 0 aromatic heterocycles. The topological polar surface area (TPSA) is 52.0 Å². The van der Waals surface area contributed by atoms with Crippen molar-refractivity contribution >= 4 is 24.8 Å². The monoisotopic (exact) mass is 196 g/mol. The van der Waals surface area contributed by atoms with E-state index >= 15 is 0 Å². The molecule has 0 aromatic rings. The molecule has 0 amide bonds. The van der Waals surface area contributed by atoms with Gasteiger partial charge in [-0.3, -0.25) is 0 Å². The Hall–Kier alpha value is 0.360. The van der Waals surface area contributed by atoms with Crippen LogP contribution in [0.2, 0.25) is 0 Å². The molecular weight excluding hydrogens is 185 g/mol. The summed E-state index contributed by atoms with van der Waals surface area (Å²) in [6.45, 7) is 1.03. The molecule has 0 saturated carbocycles. The molecule has 66 valence electrons. The maximum Gasteiger partial charge on any atom is 0.257 e. The first kappa shape index (κ1) is 16.8. The molecule has 10 heavy (non-hydrogen) atoms.